The fraction of sp³-hybridized carbons (Fsp3) is 0.500. The third-order valence-electron chi connectivity index (χ3n) is 2.29. The second kappa shape index (κ2) is 4.61. The van der Waals surface area contributed by atoms with Crippen molar-refractivity contribution in [2.75, 3.05) is 6.54 Å². The summed E-state index contributed by atoms with van der Waals surface area (Å²) in [6, 6.07) is 1.41. The van der Waals surface area contributed by atoms with E-state index in [9.17, 15) is 13.2 Å². The smallest absolute Gasteiger partial charge is 0.330 e. The van der Waals surface area contributed by atoms with E-state index in [1.165, 1.54) is 12.3 Å². The first kappa shape index (κ1) is 12.0. The lowest BCUT2D eigenvalue weighted by atomic mass is 9.94. The number of nitrogens with zero attached hydrogens (tertiary/aromatic N) is 1. The van der Waals surface area contributed by atoms with Crippen LogP contribution >= 0.6 is 0 Å². The summed E-state index contributed by atoms with van der Waals surface area (Å²) in [7, 11) is 0. The molecule has 1 heterocycles. The van der Waals surface area contributed by atoms with Gasteiger partial charge in [-0.1, -0.05) is 6.92 Å². The van der Waals surface area contributed by atoms with Gasteiger partial charge in [-0.15, -0.1) is 0 Å². The van der Waals surface area contributed by atoms with Crippen LogP contribution in [0.1, 0.15) is 30.4 Å². The van der Waals surface area contributed by atoms with Crippen molar-refractivity contribution in [3.05, 3.63) is 29.6 Å². The summed E-state index contributed by atoms with van der Waals surface area (Å²) < 4.78 is 37.7. The van der Waals surface area contributed by atoms with Crippen LogP contribution in [-0.2, 0) is 6.18 Å². The van der Waals surface area contributed by atoms with Crippen LogP contribution in [0.4, 0.5) is 13.2 Å². The zero-order chi connectivity index (χ0) is 11.5. The summed E-state index contributed by atoms with van der Waals surface area (Å²) in [6.07, 6.45) is -1.57. The maximum absolute atomic E-state index is 12.6. The van der Waals surface area contributed by atoms with Gasteiger partial charge in [0.05, 0.1) is 5.56 Å². The Morgan fingerprint density at radius 1 is 1.47 bits per heavy atom. The van der Waals surface area contributed by atoms with Crippen molar-refractivity contribution in [1.82, 2.24) is 4.98 Å². The molecule has 1 rings (SSSR count). The Morgan fingerprint density at radius 2 is 2.13 bits per heavy atom. The molecule has 0 aliphatic heterocycles. The summed E-state index contributed by atoms with van der Waals surface area (Å²) in [4.78, 5) is 3.50. The van der Waals surface area contributed by atoms with Gasteiger partial charge in [0.15, 0.2) is 0 Å². The normalized spacial score (nSPS) is 13.9. The molecule has 0 fully saturated rings. The number of nitrogens with two attached hydrogens (primary N) is 1. The lowest BCUT2D eigenvalue weighted by Crippen LogP contribution is -2.13. The molecule has 0 bridgehead atoms. The molecule has 1 unspecified atom stereocenters. The van der Waals surface area contributed by atoms with Gasteiger partial charge < -0.3 is 5.73 Å². The molecule has 0 saturated carbocycles. The Labute approximate surface area is 86.3 Å². The van der Waals surface area contributed by atoms with Crippen LogP contribution in [0.15, 0.2) is 18.5 Å². The molecule has 0 spiro atoms. The Bertz CT molecular complexity index is 323. The lowest BCUT2D eigenvalue weighted by Gasteiger charge is -2.16. The maximum atomic E-state index is 12.6. The predicted octanol–water partition coefficient (Wildman–Crippen LogP) is 2.55. The molecule has 84 valence electrons. The molecule has 0 aliphatic carbocycles. The van der Waals surface area contributed by atoms with Crippen molar-refractivity contribution in [2.45, 2.75) is 25.4 Å². The van der Waals surface area contributed by atoms with E-state index < -0.39 is 11.7 Å². The summed E-state index contributed by atoms with van der Waals surface area (Å²) in [5, 5.41) is 0. The van der Waals surface area contributed by atoms with Gasteiger partial charge in [0.25, 0.3) is 0 Å². The Balaban J connectivity index is 3.06. The fourth-order valence-electron chi connectivity index (χ4n) is 1.48. The zero-order valence-electron chi connectivity index (χ0n) is 8.38. The molecule has 0 aliphatic rings. The molecule has 15 heavy (non-hydrogen) atoms. The highest BCUT2D eigenvalue weighted by atomic mass is 19.4. The number of alkyl halides is 3. The number of halogens is 3. The van der Waals surface area contributed by atoms with E-state index in [0.717, 1.165) is 6.20 Å². The largest absolute Gasteiger partial charge is 0.418 e. The highest BCUT2D eigenvalue weighted by Gasteiger charge is 2.34. The third-order valence-corrected chi connectivity index (χ3v) is 2.29. The molecule has 2 nitrogen and oxygen atoms in total. The molecule has 0 radical (unpaired) electrons. The van der Waals surface area contributed by atoms with Crippen LogP contribution in [0.3, 0.4) is 0 Å². The van der Waals surface area contributed by atoms with Crippen LogP contribution < -0.4 is 5.73 Å². The van der Waals surface area contributed by atoms with Gasteiger partial charge in [-0.3, -0.25) is 4.98 Å². The van der Waals surface area contributed by atoms with Crippen molar-refractivity contribution >= 4 is 0 Å². The summed E-state index contributed by atoms with van der Waals surface area (Å²) in [5.74, 6) is -0.199. The van der Waals surface area contributed by atoms with Gasteiger partial charge in [0.1, 0.15) is 0 Å². The van der Waals surface area contributed by atoms with Gasteiger partial charge in [0.2, 0.25) is 0 Å². The van der Waals surface area contributed by atoms with Crippen molar-refractivity contribution in [3.8, 4) is 0 Å². The van der Waals surface area contributed by atoms with Crippen LogP contribution in [0.2, 0.25) is 0 Å². The molecule has 2 N–H and O–H groups in total. The number of pyridine rings is 1. The topological polar surface area (TPSA) is 38.9 Å². The minimum absolute atomic E-state index is 0.199. The first-order chi connectivity index (χ1) is 6.96. The van der Waals surface area contributed by atoms with Crippen LogP contribution in [-0.4, -0.2) is 11.5 Å². The third kappa shape index (κ3) is 2.92. The average Bonchev–Trinajstić information content (AvgIpc) is 2.17. The monoisotopic (exact) mass is 218 g/mol. The number of rotatable bonds is 3. The van der Waals surface area contributed by atoms with Gasteiger partial charge in [-0.25, -0.2) is 0 Å². The molecule has 0 amide bonds. The standard InChI is InChI=1S/C10H13F3N2/c1-7(2-4-14)8-3-5-15-6-9(8)10(11,12)13/h3,5-7H,2,4,14H2,1H3. The second-order valence-corrected chi connectivity index (χ2v) is 3.44. The van der Waals surface area contributed by atoms with E-state index in [1.54, 1.807) is 6.92 Å². The summed E-state index contributed by atoms with van der Waals surface area (Å²) >= 11 is 0. The molecule has 1 aromatic rings. The van der Waals surface area contributed by atoms with E-state index in [0.29, 0.717) is 13.0 Å². The maximum Gasteiger partial charge on any atom is 0.418 e. The molecular weight excluding hydrogens is 205 g/mol. The fourth-order valence-corrected chi connectivity index (χ4v) is 1.48. The average molecular weight is 218 g/mol. The summed E-state index contributed by atoms with van der Waals surface area (Å²) in [5.41, 5.74) is 4.93. The first-order valence-electron chi connectivity index (χ1n) is 4.68. The summed E-state index contributed by atoms with van der Waals surface area (Å²) in [6.45, 7) is 2.11. The first-order valence-corrected chi connectivity index (χ1v) is 4.68. The van der Waals surface area contributed by atoms with Crippen molar-refractivity contribution in [3.63, 3.8) is 0 Å². The van der Waals surface area contributed by atoms with Crippen LogP contribution in [0, 0.1) is 0 Å². The highest BCUT2D eigenvalue weighted by Crippen LogP contribution is 2.35. The predicted molar refractivity (Wildman–Crippen MR) is 51.3 cm³/mol. The van der Waals surface area contributed by atoms with E-state index >= 15 is 0 Å². The van der Waals surface area contributed by atoms with Gasteiger partial charge in [-0.2, -0.15) is 13.2 Å². The minimum Gasteiger partial charge on any atom is -0.330 e. The number of aromatic nitrogens is 1. The van der Waals surface area contributed by atoms with E-state index in [4.69, 9.17) is 5.73 Å². The molecule has 0 saturated heterocycles. The Hall–Kier alpha value is -1.10. The Kier molecular flexibility index (Phi) is 3.68. The quantitative estimate of drug-likeness (QED) is 0.846. The van der Waals surface area contributed by atoms with Gasteiger partial charge in [0, 0.05) is 12.4 Å². The lowest BCUT2D eigenvalue weighted by molar-refractivity contribution is -0.138. The van der Waals surface area contributed by atoms with Crippen molar-refractivity contribution < 1.29 is 13.2 Å². The Morgan fingerprint density at radius 3 is 2.67 bits per heavy atom. The van der Waals surface area contributed by atoms with Gasteiger partial charge in [-0.05, 0) is 30.5 Å². The van der Waals surface area contributed by atoms with Crippen molar-refractivity contribution in [1.29, 1.82) is 0 Å². The van der Waals surface area contributed by atoms with Crippen molar-refractivity contribution in [2.24, 2.45) is 5.73 Å². The number of hydrogen-bond donors (Lipinski definition) is 1. The van der Waals surface area contributed by atoms with Crippen LogP contribution in [0.5, 0.6) is 0 Å². The molecule has 1 atom stereocenters. The minimum atomic E-state index is -4.34. The second-order valence-electron chi connectivity index (χ2n) is 3.44. The molecule has 1 aromatic heterocycles. The van der Waals surface area contributed by atoms with Crippen LogP contribution in [0.25, 0.3) is 0 Å². The molecular formula is C10H13F3N2. The van der Waals surface area contributed by atoms with E-state index in [2.05, 4.69) is 4.98 Å². The van der Waals surface area contributed by atoms with E-state index in [-0.39, 0.29) is 11.5 Å². The molecule has 5 heteroatoms. The van der Waals surface area contributed by atoms with E-state index in [1.807, 2.05) is 0 Å². The highest BCUT2D eigenvalue weighted by molar-refractivity contribution is 5.29. The number of hydrogen-bond acceptors (Lipinski definition) is 2. The van der Waals surface area contributed by atoms with Gasteiger partial charge >= 0.3 is 6.18 Å². The zero-order valence-corrected chi connectivity index (χ0v) is 8.38. The molecule has 0 aromatic carbocycles. The SMILES string of the molecule is CC(CCN)c1ccncc1C(F)(F)F.